The van der Waals surface area contributed by atoms with Crippen LogP contribution in [0.2, 0.25) is 0 Å². The minimum absolute atomic E-state index is 0.00627. The van der Waals surface area contributed by atoms with Crippen LogP contribution in [-0.4, -0.2) is 11.0 Å². The number of carbonyl (C=O) groups is 1. The summed E-state index contributed by atoms with van der Waals surface area (Å²) in [4.78, 5) is 12.9. The molecule has 3 atom stereocenters. The summed E-state index contributed by atoms with van der Waals surface area (Å²) < 4.78 is 0.948. The van der Waals surface area contributed by atoms with Gasteiger partial charge in [0.05, 0.1) is 6.04 Å². The zero-order valence-electron chi connectivity index (χ0n) is 19.6. The molecule has 4 nitrogen and oxygen atoms in total. The van der Waals surface area contributed by atoms with Crippen LogP contribution in [0.4, 0.5) is 11.4 Å². The SMILES string of the molecule is CC(C)(C)c1ccc(C(=O)Nc2ccc3c(c2)C2C=CCC2C(c2cc(Br)ccc2O)N3)cc1. The smallest absolute Gasteiger partial charge is 0.255 e. The number of aromatic hydroxyl groups is 1. The first-order valence-corrected chi connectivity index (χ1v) is 12.5. The predicted octanol–water partition coefficient (Wildman–Crippen LogP) is 7.53. The van der Waals surface area contributed by atoms with Gasteiger partial charge in [-0.2, -0.15) is 0 Å². The third kappa shape index (κ3) is 4.25. The molecule has 5 rings (SSSR count). The molecule has 0 saturated carbocycles. The number of allylic oxidation sites excluding steroid dienone is 2. The van der Waals surface area contributed by atoms with Crippen LogP contribution in [0.15, 0.2) is 77.3 Å². The maximum Gasteiger partial charge on any atom is 0.255 e. The van der Waals surface area contributed by atoms with Crippen molar-refractivity contribution in [1.82, 2.24) is 0 Å². The molecule has 5 heteroatoms. The molecule has 1 aliphatic heterocycles. The number of halogens is 1. The molecule has 174 valence electrons. The van der Waals surface area contributed by atoms with Gasteiger partial charge in [0, 0.05) is 32.9 Å². The van der Waals surface area contributed by atoms with E-state index in [1.54, 1.807) is 6.07 Å². The summed E-state index contributed by atoms with van der Waals surface area (Å²) in [5.74, 6) is 0.710. The van der Waals surface area contributed by atoms with Gasteiger partial charge >= 0.3 is 0 Å². The first-order valence-electron chi connectivity index (χ1n) is 11.7. The van der Waals surface area contributed by atoms with Crippen molar-refractivity contribution in [2.24, 2.45) is 5.92 Å². The molecule has 1 amide bonds. The lowest BCUT2D eigenvalue weighted by Gasteiger charge is -2.38. The van der Waals surface area contributed by atoms with Gasteiger partial charge in [0.1, 0.15) is 5.75 Å². The van der Waals surface area contributed by atoms with E-state index in [-0.39, 0.29) is 23.3 Å². The van der Waals surface area contributed by atoms with Gasteiger partial charge in [0.15, 0.2) is 0 Å². The molecule has 1 heterocycles. The standard InChI is InChI=1S/C29H29BrN2O2/c1-29(2,3)18-9-7-17(8-10-18)28(34)31-20-12-13-25-23(16-20)21-5-4-6-22(21)27(32-25)24-15-19(30)11-14-26(24)33/h4-5,7-16,21-22,27,32-33H,6H2,1-3H3,(H,31,34). The Kier molecular flexibility index (Phi) is 5.76. The van der Waals surface area contributed by atoms with Crippen molar-refractivity contribution in [3.05, 3.63) is 99.5 Å². The molecule has 0 saturated heterocycles. The van der Waals surface area contributed by atoms with Crippen LogP contribution in [0, 0.1) is 5.92 Å². The summed E-state index contributed by atoms with van der Waals surface area (Å²) in [6.45, 7) is 6.49. The second-order valence-electron chi connectivity index (χ2n) is 10.3. The second kappa shape index (κ2) is 8.62. The van der Waals surface area contributed by atoms with E-state index >= 15 is 0 Å². The third-order valence-electron chi connectivity index (χ3n) is 6.96. The molecule has 0 aromatic heterocycles. The number of anilines is 2. The highest BCUT2D eigenvalue weighted by molar-refractivity contribution is 9.10. The van der Waals surface area contributed by atoms with Crippen LogP contribution in [0.3, 0.4) is 0 Å². The van der Waals surface area contributed by atoms with Gasteiger partial charge in [-0.1, -0.05) is 61.0 Å². The van der Waals surface area contributed by atoms with E-state index in [4.69, 9.17) is 0 Å². The highest BCUT2D eigenvalue weighted by Crippen LogP contribution is 2.51. The van der Waals surface area contributed by atoms with E-state index in [1.165, 1.54) is 11.1 Å². The Morgan fingerprint density at radius 3 is 2.53 bits per heavy atom. The molecule has 0 spiro atoms. The molecular formula is C29H29BrN2O2. The summed E-state index contributed by atoms with van der Waals surface area (Å²) in [6, 6.07) is 19.5. The van der Waals surface area contributed by atoms with E-state index < -0.39 is 0 Å². The molecule has 2 aliphatic rings. The molecule has 3 aromatic carbocycles. The van der Waals surface area contributed by atoms with Gasteiger partial charge in [0.2, 0.25) is 0 Å². The minimum atomic E-state index is -0.111. The largest absolute Gasteiger partial charge is 0.508 e. The number of carbonyl (C=O) groups excluding carboxylic acids is 1. The van der Waals surface area contributed by atoms with Crippen molar-refractivity contribution >= 4 is 33.2 Å². The van der Waals surface area contributed by atoms with Crippen LogP contribution in [0.5, 0.6) is 5.75 Å². The summed E-state index contributed by atoms with van der Waals surface area (Å²) in [5, 5.41) is 17.3. The summed E-state index contributed by atoms with van der Waals surface area (Å²) in [5.41, 5.74) is 5.79. The van der Waals surface area contributed by atoms with Crippen LogP contribution in [0.25, 0.3) is 0 Å². The Hall–Kier alpha value is -3.05. The number of rotatable bonds is 3. The Morgan fingerprint density at radius 1 is 1.03 bits per heavy atom. The fourth-order valence-electron chi connectivity index (χ4n) is 5.08. The molecular weight excluding hydrogens is 488 g/mol. The second-order valence-corrected chi connectivity index (χ2v) is 11.2. The van der Waals surface area contributed by atoms with Crippen molar-refractivity contribution in [1.29, 1.82) is 0 Å². The Morgan fingerprint density at radius 2 is 1.79 bits per heavy atom. The molecule has 34 heavy (non-hydrogen) atoms. The summed E-state index contributed by atoms with van der Waals surface area (Å²) in [6.07, 6.45) is 5.41. The van der Waals surface area contributed by atoms with Gasteiger partial charge in [-0.25, -0.2) is 0 Å². The van der Waals surface area contributed by atoms with E-state index in [9.17, 15) is 9.90 Å². The molecule has 0 fully saturated rings. The van der Waals surface area contributed by atoms with Gasteiger partial charge in [-0.3, -0.25) is 4.79 Å². The first-order chi connectivity index (χ1) is 16.2. The van der Waals surface area contributed by atoms with Crippen molar-refractivity contribution in [3.63, 3.8) is 0 Å². The van der Waals surface area contributed by atoms with Crippen LogP contribution < -0.4 is 10.6 Å². The Labute approximate surface area is 209 Å². The average Bonchev–Trinajstić information content (AvgIpc) is 3.30. The number of amides is 1. The van der Waals surface area contributed by atoms with Crippen molar-refractivity contribution in [3.8, 4) is 5.75 Å². The molecule has 1 aliphatic carbocycles. The summed E-state index contributed by atoms with van der Waals surface area (Å²) >= 11 is 3.54. The number of hydrogen-bond donors (Lipinski definition) is 3. The highest BCUT2D eigenvalue weighted by Gasteiger charge is 2.39. The molecule has 0 bridgehead atoms. The lowest BCUT2D eigenvalue weighted by atomic mass is 9.76. The highest BCUT2D eigenvalue weighted by atomic mass is 79.9. The van der Waals surface area contributed by atoms with Crippen LogP contribution in [0.1, 0.15) is 66.2 Å². The van der Waals surface area contributed by atoms with E-state index in [2.05, 4.69) is 65.6 Å². The van der Waals surface area contributed by atoms with Crippen LogP contribution >= 0.6 is 15.9 Å². The number of nitrogens with one attached hydrogen (secondary N) is 2. The van der Waals surface area contributed by atoms with E-state index in [0.717, 1.165) is 27.8 Å². The molecule has 3 unspecified atom stereocenters. The zero-order chi connectivity index (χ0) is 24.0. The zero-order valence-corrected chi connectivity index (χ0v) is 21.2. The van der Waals surface area contributed by atoms with E-state index in [1.807, 2.05) is 48.5 Å². The quantitative estimate of drug-likeness (QED) is 0.315. The lowest BCUT2D eigenvalue weighted by Crippen LogP contribution is -2.29. The number of hydrogen-bond acceptors (Lipinski definition) is 3. The maximum absolute atomic E-state index is 12.9. The summed E-state index contributed by atoms with van der Waals surface area (Å²) in [7, 11) is 0. The maximum atomic E-state index is 12.9. The number of benzene rings is 3. The monoisotopic (exact) mass is 516 g/mol. The van der Waals surface area contributed by atoms with Gasteiger partial charge in [-0.15, -0.1) is 0 Å². The average molecular weight is 517 g/mol. The fourth-order valence-corrected chi connectivity index (χ4v) is 5.46. The lowest BCUT2D eigenvalue weighted by molar-refractivity contribution is 0.102. The van der Waals surface area contributed by atoms with Gasteiger partial charge < -0.3 is 15.7 Å². The van der Waals surface area contributed by atoms with Crippen molar-refractivity contribution in [2.45, 2.75) is 44.6 Å². The fraction of sp³-hybridized carbons (Fsp3) is 0.276. The molecule has 3 aromatic rings. The number of fused-ring (bicyclic) bond motifs is 3. The van der Waals surface area contributed by atoms with Crippen molar-refractivity contribution in [2.75, 3.05) is 10.6 Å². The van der Waals surface area contributed by atoms with Gasteiger partial charge in [0.25, 0.3) is 5.91 Å². The topological polar surface area (TPSA) is 61.4 Å². The van der Waals surface area contributed by atoms with Gasteiger partial charge in [-0.05, 0) is 77.4 Å². The Balaban J connectivity index is 1.40. The van der Waals surface area contributed by atoms with Crippen LogP contribution in [-0.2, 0) is 5.41 Å². The normalized spacial score (nSPS) is 20.9. The minimum Gasteiger partial charge on any atom is -0.508 e. The molecule has 0 radical (unpaired) electrons. The molecule has 3 N–H and O–H groups in total. The predicted molar refractivity (Wildman–Crippen MR) is 142 cm³/mol. The third-order valence-corrected chi connectivity index (χ3v) is 7.45. The van der Waals surface area contributed by atoms with E-state index in [0.29, 0.717) is 17.2 Å². The Bertz CT molecular complexity index is 1270. The number of phenols is 1. The number of phenolic OH excluding ortho intramolecular Hbond substituents is 1. The first kappa shape index (κ1) is 22.7. The van der Waals surface area contributed by atoms with Crippen molar-refractivity contribution < 1.29 is 9.90 Å².